The predicted octanol–water partition coefficient (Wildman–Crippen LogP) is 4.04. The first-order chi connectivity index (χ1) is 14.0. The zero-order chi connectivity index (χ0) is 21.1. The van der Waals surface area contributed by atoms with Crippen LogP contribution < -0.4 is 10.6 Å². The monoisotopic (exact) mass is 544 g/mol. The van der Waals surface area contributed by atoms with E-state index in [4.69, 9.17) is 0 Å². The number of guanidine groups is 1. The van der Waals surface area contributed by atoms with E-state index in [2.05, 4.69) is 15.6 Å². The second-order valence-electron chi connectivity index (χ2n) is 6.64. The van der Waals surface area contributed by atoms with Gasteiger partial charge in [-0.25, -0.2) is 4.39 Å². The van der Waals surface area contributed by atoms with Crippen LogP contribution in [0.25, 0.3) is 0 Å². The van der Waals surface area contributed by atoms with Crippen molar-refractivity contribution in [3.63, 3.8) is 0 Å². The lowest BCUT2D eigenvalue weighted by Gasteiger charge is -2.12. The Balaban J connectivity index is 0.00000450. The van der Waals surface area contributed by atoms with Crippen LogP contribution in [0.4, 0.5) is 4.39 Å². The van der Waals surface area contributed by atoms with E-state index in [0.717, 1.165) is 41.7 Å². The first-order valence-electron chi connectivity index (χ1n) is 9.70. The summed E-state index contributed by atoms with van der Waals surface area (Å²) in [7, 11) is 3.50. The molecule has 0 radical (unpaired) electrons. The quantitative estimate of drug-likeness (QED) is 0.165. The van der Waals surface area contributed by atoms with E-state index in [1.807, 2.05) is 31.2 Å². The molecule has 8 heteroatoms. The molecule has 2 N–H and O–H groups in total. The highest BCUT2D eigenvalue weighted by Gasteiger charge is 2.08. The highest BCUT2D eigenvalue weighted by atomic mass is 127. The molecule has 0 fully saturated rings. The molecule has 0 unspecified atom stereocenters. The summed E-state index contributed by atoms with van der Waals surface area (Å²) in [5, 5.41) is 6.56. The van der Waals surface area contributed by atoms with Gasteiger partial charge in [-0.3, -0.25) is 9.79 Å². The smallest absolute Gasteiger partial charge is 0.253 e. The Labute approximate surface area is 199 Å². The van der Waals surface area contributed by atoms with Crippen LogP contribution >= 0.6 is 35.7 Å². The number of hydrogen-bond donors (Lipinski definition) is 2. The van der Waals surface area contributed by atoms with E-state index in [-0.39, 0.29) is 35.7 Å². The number of hydrogen-bond acceptors (Lipinski definition) is 3. The lowest BCUT2D eigenvalue weighted by molar-refractivity contribution is 0.0827. The van der Waals surface area contributed by atoms with Crippen LogP contribution in [0.2, 0.25) is 0 Å². The van der Waals surface area contributed by atoms with Gasteiger partial charge in [0, 0.05) is 49.9 Å². The van der Waals surface area contributed by atoms with Crippen molar-refractivity contribution in [3.05, 3.63) is 65.5 Å². The summed E-state index contributed by atoms with van der Waals surface area (Å²) in [5.41, 5.74) is 1.78. The maximum Gasteiger partial charge on any atom is 0.253 e. The lowest BCUT2D eigenvalue weighted by atomic mass is 10.1. The molecule has 0 saturated heterocycles. The van der Waals surface area contributed by atoms with Crippen molar-refractivity contribution in [2.24, 2.45) is 4.99 Å². The summed E-state index contributed by atoms with van der Waals surface area (Å²) in [4.78, 5) is 19.3. The van der Waals surface area contributed by atoms with Crippen molar-refractivity contribution in [2.45, 2.75) is 18.2 Å². The molecule has 0 atom stereocenters. The molecule has 1 amide bonds. The first-order valence-corrected chi connectivity index (χ1v) is 10.7. The zero-order valence-electron chi connectivity index (χ0n) is 17.7. The molecule has 0 heterocycles. The third-order valence-corrected chi connectivity index (χ3v) is 5.09. The molecule has 2 aromatic rings. The molecule has 2 rings (SSSR count). The average molecular weight is 544 g/mol. The second-order valence-corrected chi connectivity index (χ2v) is 7.81. The van der Waals surface area contributed by atoms with Gasteiger partial charge in [-0.1, -0.05) is 12.1 Å². The van der Waals surface area contributed by atoms with Crippen molar-refractivity contribution in [1.29, 1.82) is 0 Å². The average Bonchev–Trinajstić information content (AvgIpc) is 2.72. The van der Waals surface area contributed by atoms with Crippen molar-refractivity contribution in [1.82, 2.24) is 15.5 Å². The lowest BCUT2D eigenvalue weighted by Crippen LogP contribution is -2.38. The number of benzene rings is 2. The van der Waals surface area contributed by atoms with E-state index < -0.39 is 0 Å². The van der Waals surface area contributed by atoms with Gasteiger partial charge < -0.3 is 15.5 Å². The molecule has 0 aromatic heterocycles. The predicted molar refractivity (Wildman–Crippen MR) is 135 cm³/mol. The fraction of sp³-hybridized carbons (Fsp3) is 0.364. The van der Waals surface area contributed by atoms with Crippen LogP contribution in [0, 0.1) is 5.82 Å². The molecule has 2 aromatic carbocycles. The fourth-order valence-corrected chi connectivity index (χ4v) is 3.39. The molecule has 5 nitrogen and oxygen atoms in total. The summed E-state index contributed by atoms with van der Waals surface area (Å²) < 4.78 is 12.9. The summed E-state index contributed by atoms with van der Waals surface area (Å²) in [6.45, 7) is 4.19. The normalized spacial score (nSPS) is 10.9. The Bertz CT molecular complexity index is 815. The molecule has 0 aliphatic heterocycles. The highest BCUT2D eigenvalue weighted by molar-refractivity contribution is 14.0. The van der Waals surface area contributed by atoms with E-state index in [1.54, 1.807) is 42.9 Å². The van der Waals surface area contributed by atoms with Gasteiger partial charge in [0.15, 0.2) is 5.96 Å². The maximum absolute atomic E-state index is 12.9. The van der Waals surface area contributed by atoms with Gasteiger partial charge in [0.1, 0.15) is 5.82 Å². The van der Waals surface area contributed by atoms with Crippen LogP contribution in [0.5, 0.6) is 0 Å². The van der Waals surface area contributed by atoms with Gasteiger partial charge in [-0.05, 0) is 55.3 Å². The number of carbonyl (C=O) groups excluding carboxylic acids is 1. The van der Waals surface area contributed by atoms with Crippen LogP contribution in [0.15, 0.2) is 58.4 Å². The van der Waals surface area contributed by atoms with Crippen LogP contribution in [-0.4, -0.2) is 56.2 Å². The third kappa shape index (κ3) is 9.34. The second kappa shape index (κ2) is 14.2. The summed E-state index contributed by atoms with van der Waals surface area (Å²) in [6.07, 6.45) is 0.759. The molecule has 0 saturated carbocycles. The summed E-state index contributed by atoms with van der Waals surface area (Å²) in [5.74, 6) is 1.41. The van der Waals surface area contributed by atoms with E-state index in [0.29, 0.717) is 12.1 Å². The molecule has 0 aliphatic carbocycles. The van der Waals surface area contributed by atoms with Crippen LogP contribution in [0.3, 0.4) is 0 Å². The van der Waals surface area contributed by atoms with Crippen LogP contribution in [-0.2, 0) is 6.42 Å². The number of amides is 1. The Hall–Kier alpha value is -1.81. The summed E-state index contributed by atoms with van der Waals surface area (Å²) in [6, 6.07) is 14.2. The number of halogens is 2. The third-order valence-electron chi connectivity index (χ3n) is 4.07. The van der Waals surface area contributed by atoms with Crippen molar-refractivity contribution in [2.75, 3.05) is 39.5 Å². The molecule has 0 aliphatic rings. The SMILES string of the molecule is CCNC(=NCCc1cccc(C(=O)N(C)C)c1)NCCSc1ccc(F)cc1.I. The zero-order valence-corrected chi connectivity index (χ0v) is 20.8. The minimum Gasteiger partial charge on any atom is -0.357 e. The standard InChI is InChI=1S/C22H29FN4OS.HI/c1-4-24-22(26-14-15-29-20-10-8-19(23)9-11-20)25-13-12-17-6-5-7-18(16-17)21(28)27(2)3;/h5-11,16H,4,12-15H2,1-3H3,(H2,24,25,26);1H. The molecule has 30 heavy (non-hydrogen) atoms. The number of thioether (sulfide) groups is 1. The van der Waals surface area contributed by atoms with Crippen molar-refractivity contribution >= 4 is 47.6 Å². The number of rotatable bonds is 9. The number of nitrogens with zero attached hydrogens (tertiary/aromatic N) is 2. The highest BCUT2D eigenvalue weighted by Crippen LogP contribution is 2.17. The number of carbonyl (C=O) groups is 1. The molecule has 0 bridgehead atoms. The van der Waals surface area contributed by atoms with Crippen molar-refractivity contribution < 1.29 is 9.18 Å². The first kappa shape index (κ1) is 26.2. The van der Waals surface area contributed by atoms with E-state index >= 15 is 0 Å². The maximum atomic E-state index is 12.9. The van der Waals surface area contributed by atoms with Gasteiger partial charge in [-0.2, -0.15) is 0 Å². The molecule has 0 spiro atoms. The Morgan fingerprint density at radius 2 is 1.87 bits per heavy atom. The fourth-order valence-electron chi connectivity index (χ4n) is 2.63. The van der Waals surface area contributed by atoms with Gasteiger partial charge in [0.25, 0.3) is 5.91 Å². The van der Waals surface area contributed by atoms with Gasteiger partial charge in [0.05, 0.1) is 0 Å². The minimum absolute atomic E-state index is 0. The summed E-state index contributed by atoms with van der Waals surface area (Å²) >= 11 is 1.67. The van der Waals surface area contributed by atoms with Crippen LogP contribution in [0.1, 0.15) is 22.8 Å². The topological polar surface area (TPSA) is 56.7 Å². The largest absolute Gasteiger partial charge is 0.357 e. The Kier molecular flexibility index (Phi) is 12.4. The Morgan fingerprint density at radius 1 is 1.13 bits per heavy atom. The van der Waals surface area contributed by atoms with E-state index in [1.165, 1.54) is 12.1 Å². The van der Waals surface area contributed by atoms with Gasteiger partial charge in [-0.15, -0.1) is 35.7 Å². The van der Waals surface area contributed by atoms with Gasteiger partial charge in [0.2, 0.25) is 0 Å². The minimum atomic E-state index is -0.217. The number of aliphatic imine (C=N–C) groups is 1. The van der Waals surface area contributed by atoms with Gasteiger partial charge >= 0.3 is 0 Å². The Morgan fingerprint density at radius 3 is 2.53 bits per heavy atom. The number of nitrogens with one attached hydrogen (secondary N) is 2. The van der Waals surface area contributed by atoms with Crippen molar-refractivity contribution in [3.8, 4) is 0 Å². The molecular weight excluding hydrogens is 514 g/mol. The molecular formula is C22H30FIN4OS. The van der Waals surface area contributed by atoms with E-state index in [9.17, 15) is 9.18 Å². The molecule has 164 valence electrons.